The van der Waals surface area contributed by atoms with Gasteiger partial charge in [0.05, 0.1) is 12.3 Å². The van der Waals surface area contributed by atoms with Gasteiger partial charge in [0.15, 0.2) is 0 Å². The normalized spacial score (nSPS) is 12.5. The van der Waals surface area contributed by atoms with Gasteiger partial charge >= 0.3 is 0 Å². The van der Waals surface area contributed by atoms with E-state index in [0.29, 0.717) is 6.54 Å². The van der Waals surface area contributed by atoms with Gasteiger partial charge in [-0.2, -0.15) is 0 Å². The molecule has 0 saturated heterocycles. The van der Waals surface area contributed by atoms with E-state index in [0.717, 1.165) is 35.8 Å². The summed E-state index contributed by atoms with van der Waals surface area (Å²) in [6, 6.07) is 0. The maximum Gasteiger partial charge on any atom is 0.120 e. The maximum absolute atomic E-state index is 4.39. The lowest BCUT2D eigenvalue weighted by Crippen LogP contribution is -2.19. The lowest BCUT2D eigenvalue weighted by molar-refractivity contribution is 0.725. The summed E-state index contributed by atoms with van der Waals surface area (Å²) < 4.78 is 0. The van der Waals surface area contributed by atoms with E-state index in [2.05, 4.69) is 35.4 Å². The van der Waals surface area contributed by atoms with Crippen LogP contribution in [0.4, 0.5) is 0 Å². The first-order valence-corrected chi connectivity index (χ1v) is 6.11. The van der Waals surface area contributed by atoms with Gasteiger partial charge in [-0.05, 0) is 27.2 Å². The number of hydrogen-bond donors (Lipinski definition) is 1. The summed E-state index contributed by atoms with van der Waals surface area (Å²) in [4.78, 5) is 8.69. The van der Waals surface area contributed by atoms with Gasteiger partial charge < -0.3 is 5.32 Å². The van der Waals surface area contributed by atoms with Gasteiger partial charge in [0, 0.05) is 12.2 Å². The minimum absolute atomic E-state index is 0.637. The highest BCUT2D eigenvalue weighted by Crippen LogP contribution is 1.95. The summed E-state index contributed by atoms with van der Waals surface area (Å²) in [5.74, 6) is 0.768. The third-order valence-corrected chi connectivity index (χ3v) is 2.21. The van der Waals surface area contributed by atoms with Crippen molar-refractivity contribution in [1.82, 2.24) is 5.32 Å². The molecule has 0 rings (SSSR count). The average molecular weight is 235 g/mol. The standard InChI is InChI=1S/C14H25N3/c1-7-8-9-15-12(4)13(5)17-14(6)16-10-11(2)3/h15H,2,4,7-10H2,1,3,5-6H3. The fourth-order valence-electron chi connectivity index (χ4n) is 1.14. The van der Waals surface area contributed by atoms with Crippen LogP contribution in [0.3, 0.4) is 0 Å². The molecular formula is C14H25N3. The van der Waals surface area contributed by atoms with Gasteiger partial charge in [-0.15, -0.1) is 0 Å². The molecular weight excluding hydrogens is 210 g/mol. The molecule has 3 heteroatoms. The zero-order chi connectivity index (χ0) is 13.3. The Morgan fingerprint density at radius 2 is 1.82 bits per heavy atom. The first-order chi connectivity index (χ1) is 7.97. The van der Waals surface area contributed by atoms with Crippen molar-refractivity contribution in [3.63, 3.8) is 0 Å². The smallest absolute Gasteiger partial charge is 0.120 e. The number of unbranched alkanes of at least 4 members (excludes halogenated alkanes) is 1. The van der Waals surface area contributed by atoms with Crippen LogP contribution in [0.25, 0.3) is 0 Å². The van der Waals surface area contributed by atoms with Crippen LogP contribution < -0.4 is 5.32 Å². The molecule has 0 bridgehead atoms. The van der Waals surface area contributed by atoms with Crippen molar-refractivity contribution in [2.75, 3.05) is 13.1 Å². The van der Waals surface area contributed by atoms with Gasteiger partial charge in [-0.25, -0.2) is 4.99 Å². The van der Waals surface area contributed by atoms with Crippen LogP contribution in [0.15, 0.2) is 34.4 Å². The fourth-order valence-corrected chi connectivity index (χ4v) is 1.14. The molecule has 0 unspecified atom stereocenters. The van der Waals surface area contributed by atoms with Crippen LogP contribution in [-0.4, -0.2) is 24.6 Å². The second-order valence-electron chi connectivity index (χ2n) is 4.28. The maximum atomic E-state index is 4.39. The molecule has 0 aliphatic rings. The monoisotopic (exact) mass is 235 g/mol. The summed E-state index contributed by atoms with van der Waals surface area (Å²) >= 11 is 0. The Balaban J connectivity index is 4.27. The van der Waals surface area contributed by atoms with E-state index < -0.39 is 0 Å². The fraction of sp³-hybridized carbons (Fsp3) is 0.571. The molecule has 3 nitrogen and oxygen atoms in total. The Morgan fingerprint density at radius 3 is 2.35 bits per heavy atom. The predicted octanol–water partition coefficient (Wildman–Crippen LogP) is 3.35. The van der Waals surface area contributed by atoms with Gasteiger partial charge in [0.25, 0.3) is 0 Å². The Kier molecular flexibility index (Phi) is 8.03. The SMILES string of the molecule is C=C(C)CN=C(C)N=C(C)C(=C)NCCCC. The number of rotatable bonds is 7. The van der Waals surface area contributed by atoms with E-state index in [1.807, 2.05) is 20.8 Å². The molecule has 0 saturated carbocycles. The molecule has 0 radical (unpaired) electrons. The summed E-state index contributed by atoms with van der Waals surface area (Å²) in [5, 5.41) is 3.26. The minimum Gasteiger partial charge on any atom is -0.384 e. The van der Waals surface area contributed by atoms with Crippen LogP contribution in [0.2, 0.25) is 0 Å². The number of nitrogens with one attached hydrogen (secondary N) is 1. The lowest BCUT2D eigenvalue weighted by atomic mass is 10.3. The Hall–Kier alpha value is -1.38. The second kappa shape index (κ2) is 8.74. The molecule has 0 aromatic heterocycles. The van der Waals surface area contributed by atoms with Crippen LogP contribution in [0, 0.1) is 0 Å². The van der Waals surface area contributed by atoms with Gasteiger partial charge in [-0.1, -0.05) is 32.1 Å². The zero-order valence-corrected chi connectivity index (χ0v) is 11.6. The van der Waals surface area contributed by atoms with Gasteiger partial charge in [-0.3, -0.25) is 4.99 Å². The van der Waals surface area contributed by atoms with Crippen LogP contribution >= 0.6 is 0 Å². The van der Waals surface area contributed by atoms with E-state index in [1.54, 1.807) is 0 Å². The second-order valence-corrected chi connectivity index (χ2v) is 4.28. The molecule has 0 spiro atoms. The third kappa shape index (κ3) is 8.43. The molecule has 0 aromatic rings. The average Bonchev–Trinajstić information content (AvgIpc) is 2.26. The highest BCUT2D eigenvalue weighted by Gasteiger charge is 1.98. The van der Waals surface area contributed by atoms with Crippen molar-refractivity contribution in [2.45, 2.75) is 40.5 Å². The molecule has 0 fully saturated rings. The van der Waals surface area contributed by atoms with Crippen molar-refractivity contribution in [3.8, 4) is 0 Å². The number of hydrogen-bond acceptors (Lipinski definition) is 2. The summed E-state index contributed by atoms with van der Waals surface area (Å²) in [6.07, 6.45) is 2.32. The molecule has 0 aliphatic heterocycles. The number of allylic oxidation sites excluding steroid dienone is 1. The summed E-state index contributed by atoms with van der Waals surface area (Å²) in [5.41, 5.74) is 2.81. The van der Waals surface area contributed by atoms with Gasteiger partial charge in [0.2, 0.25) is 0 Å². The van der Waals surface area contributed by atoms with Gasteiger partial charge in [0.1, 0.15) is 5.84 Å². The molecule has 0 heterocycles. The van der Waals surface area contributed by atoms with Crippen molar-refractivity contribution in [3.05, 3.63) is 24.4 Å². The minimum atomic E-state index is 0.637. The number of nitrogens with zero attached hydrogens (tertiary/aromatic N) is 2. The largest absolute Gasteiger partial charge is 0.384 e. The lowest BCUT2D eigenvalue weighted by Gasteiger charge is -2.08. The summed E-state index contributed by atoms with van der Waals surface area (Å²) in [7, 11) is 0. The van der Waals surface area contributed by atoms with E-state index >= 15 is 0 Å². The quantitative estimate of drug-likeness (QED) is 0.312. The highest BCUT2D eigenvalue weighted by molar-refractivity contribution is 6.04. The Bertz CT molecular complexity index is 324. The topological polar surface area (TPSA) is 36.8 Å². The number of aliphatic imine (C=N–C) groups is 2. The van der Waals surface area contributed by atoms with Crippen LogP contribution in [0.5, 0.6) is 0 Å². The third-order valence-electron chi connectivity index (χ3n) is 2.21. The van der Waals surface area contributed by atoms with E-state index in [9.17, 15) is 0 Å². The predicted molar refractivity (Wildman–Crippen MR) is 77.9 cm³/mol. The molecule has 0 aliphatic carbocycles. The van der Waals surface area contributed by atoms with Crippen LogP contribution in [-0.2, 0) is 0 Å². The molecule has 0 amide bonds. The molecule has 0 atom stereocenters. The Labute approximate surface area is 105 Å². The zero-order valence-electron chi connectivity index (χ0n) is 11.6. The number of amidine groups is 1. The Morgan fingerprint density at radius 1 is 1.18 bits per heavy atom. The van der Waals surface area contributed by atoms with Crippen molar-refractivity contribution >= 4 is 11.5 Å². The highest BCUT2D eigenvalue weighted by atomic mass is 14.9. The van der Waals surface area contributed by atoms with E-state index in [1.165, 1.54) is 6.42 Å². The summed E-state index contributed by atoms with van der Waals surface area (Å²) in [6.45, 7) is 17.3. The first kappa shape index (κ1) is 15.6. The van der Waals surface area contributed by atoms with Crippen LogP contribution in [0.1, 0.15) is 40.5 Å². The molecule has 96 valence electrons. The van der Waals surface area contributed by atoms with E-state index in [-0.39, 0.29) is 0 Å². The molecule has 17 heavy (non-hydrogen) atoms. The van der Waals surface area contributed by atoms with Crippen molar-refractivity contribution in [1.29, 1.82) is 0 Å². The molecule has 1 N–H and O–H groups in total. The van der Waals surface area contributed by atoms with E-state index in [4.69, 9.17) is 0 Å². The van der Waals surface area contributed by atoms with Crippen molar-refractivity contribution in [2.24, 2.45) is 9.98 Å². The molecule has 0 aromatic carbocycles. The van der Waals surface area contributed by atoms with Crippen molar-refractivity contribution < 1.29 is 0 Å². The first-order valence-electron chi connectivity index (χ1n) is 6.11.